The lowest BCUT2D eigenvalue weighted by molar-refractivity contribution is 0.541. The van der Waals surface area contributed by atoms with Gasteiger partial charge in [-0.25, -0.2) is 4.39 Å². The molecule has 0 radical (unpaired) electrons. The van der Waals surface area contributed by atoms with E-state index in [4.69, 9.17) is 0 Å². The minimum atomic E-state index is -0.0788. The van der Waals surface area contributed by atoms with Crippen LogP contribution in [0.1, 0.15) is 44.6 Å². The molecule has 0 saturated heterocycles. The lowest BCUT2D eigenvalue weighted by Crippen LogP contribution is -2.13. The fourth-order valence-electron chi connectivity index (χ4n) is 1.92. The number of halogens is 2. The van der Waals surface area contributed by atoms with Crippen LogP contribution in [-0.4, -0.2) is 4.83 Å². The maximum absolute atomic E-state index is 13.6. The van der Waals surface area contributed by atoms with E-state index < -0.39 is 0 Å². The Morgan fingerprint density at radius 2 is 1.93 bits per heavy atom. The van der Waals surface area contributed by atoms with E-state index in [1.807, 2.05) is 12.1 Å². The van der Waals surface area contributed by atoms with Crippen LogP contribution in [0.2, 0.25) is 0 Å². The fraction of sp³-hybridized carbons (Fsp3) is 0.538. The molecule has 0 bridgehead atoms. The second kappa shape index (κ2) is 6.26. The molecule has 0 nitrogen and oxygen atoms in total. The summed E-state index contributed by atoms with van der Waals surface area (Å²) in [6.45, 7) is 4.27. The average molecular weight is 273 g/mol. The number of benzene rings is 1. The molecular formula is C13H18BrF. The minimum absolute atomic E-state index is 0.0788. The first kappa shape index (κ1) is 12.7. The van der Waals surface area contributed by atoms with Crippen LogP contribution in [0.4, 0.5) is 4.39 Å². The Labute approximate surface area is 100 Å². The first-order valence-corrected chi connectivity index (χ1v) is 6.50. The summed E-state index contributed by atoms with van der Waals surface area (Å²) in [6, 6.07) is 7.10. The molecule has 15 heavy (non-hydrogen) atoms. The van der Waals surface area contributed by atoms with Gasteiger partial charge in [0.15, 0.2) is 0 Å². The largest absolute Gasteiger partial charge is 0.207 e. The zero-order valence-corrected chi connectivity index (χ0v) is 10.9. The van der Waals surface area contributed by atoms with E-state index in [-0.39, 0.29) is 11.7 Å². The Kier molecular flexibility index (Phi) is 5.30. The summed E-state index contributed by atoms with van der Waals surface area (Å²) in [7, 11) is 0. The van der Waals surface area contributed by atoms with E-state index in [2.05, 4.69) is 29.8 Å². The van der Waals surface area contributed by atoms with Gasteiger partial charge in [0, 0.05) is 4.83 Å². The van der Waals surface area contributed by atoms with Gasteiger partial charge in [-0.3, -0.25) is 0 Å². The quantitative estimate of drug-likeness (QED) is 0.670. The third-order valence-electron chi connectivity index (χ3n) is 2.75. The van der Waals surface area contributed by atoms with Crippen LogP contribution in [0.3, 0.4) is 0 Å². The molecule has 2 unspecified atom stereocenters. The van der Waals surface area contributed by atoms with Crippen molar-refractivity contribution in [2.45, 2.75) is 43.9 Å². The molecule has 0 saturated carbocycles. The van der Waals surface area contributed by atoms with Crippen LogP contribution in [0, 0.1) is 5.82 Å². The van der Waals surface area contributed by atoms with E-state index in [1.165, 1.54) is 0 Å². The first-order chi connectivity index (χ1) is 7.20. The molecule has 0 fully saturated rings. The number of alkyl halides is 1. The van der Waals surface area contributed by atoms with Crippen LogP contribution < -0.4 is 0 Å². The Bertz CT molecular complexity index is 298. The lowest BCUT2D eigenvalue weighted by Gasteiger charge is -2.21. The minimum Gasteiger partial charge on any atom is -0.207 e. The predicted octanol–water partition coefficient (Wildman–Crippen LogP) is 4.88. The summed E-state index contributed by atoms with van der Waals surface area (Å²) in [4.78, 5) is 0.379. The highest BCUT2D eigenvalue weighted by atomic mass is 79.9. The monoisotopic (exact) mass is 272 g/mol. The molecule has 0 N–H and O–H groups in total. The van der Waals surface area contributed by atoms with Gasteiger partial charge in [0.05, 0.1) is 0 Å². The maximum Gasteiger partial charge on any atom is 0.126 e. The summed E-state index contributed by atoms with van der Waals surface area (Å²) in [6.07, 6.45) is 3.19. The van der Waals surface area contributed by atoms with Crippen LogP contribution in [0.15, 0.2) is 24.3 Å². The molecule has 0 aliphatic carbocycles. The van der Waals surface area contributed by atoms with Gasteiger partial charge in [-0.15, -0.1) is 0 Å². The standard InChI is InChI=1S/C13H18BrF/c1-3-7-12(14)10(4-2)11-8-5-6-9-13(11)15/h5-6,8-10,12H,3-4,7H2,1-2H3. The van der Waals surface area contributed by atoms with Crippen molar-refractivity contribution in [1.29, 1.82) is 0 Å². The maximum atomic E-state index is 13.6. The van der Waals surface area contributed by atoms with E-state index in [1.54, 1.807) is 12.1 Å². The second-order valence-corrected chi connectivity index (χ2v) is 5.02. The Hall–Kier alpha value is -0.370. The smallest absolute Gasteiger partial charge is 0.126 e. The predicted molar refractivity (Wildman–Crippen MR) is 67.1 cm³/mol. The van der Waals surface area contributed by atoms with Crippen LogP contribution >= 0.6 is 15.9 Å². The number of hydrogen-bond acceptors (Lipinski definition) is 0. The Balaban J connectivity index is 2.87. The third kappa shape index (κ3) is 3.30. The zero-order chi connectivity index (χ0) is 11.3. The first-order valence-electron chi connectivity index (χ1n) is 5.59. The van der Waals surface area contributed by atoms with Crippen molar-refractivity contribution in [3.63, 3.8) is 0 Å². The van der Waals surface area contributed by atoms with Crippen molar-refractivity contribution < 1.29 is 4.39 Å². The van der Waals surface area contributed by atoms with E-state index in [0.717, 1.165) is 24.8 Å². The van der Waals surface area contributed by atoms with Crippen molar-refractivity contribution >= 4 is 15.9 Å². The van der Waals surface area contributed by atoms with E-state index in [0.29, 0.717) is 4.83 Å². The molecule has 1 aromatic carbocycles. The number of hydrogen-bond donors (Lipinski definition) is 0. The summed E-state index contributed by atoms with van der Waals surface area (Å²) in [5, 5.41) is 0. The Morgan fingerprint density at radius 3 is 2.47 bits per heavy atom. The van der Waals surface area contributed by atoms with Crippen molar-refractivity contribution in [3.05, 3.63) is 35.6 Å². The zero-order valence-electron chi connectivity index (χ0n) is 9.34. The van der Waals surface area contributed by atoms with Gasteiger partial charge in [-0.1, -0.05) is 54.4 Å². The molecule has 0 aliphatic heterocycles. The van der Waals surface area contributed by atoms with Crippen molar-refractivity contribution in [3.8, 4) is 0 Å². The van der Waals surface area contributed by atoms with Gasteiger partial charge < -0.3 is 0 Å². The van der Waals surface area contributed by atoms with Crippen LogP contribution in [0.25, 0.3) is 0 Å². The molecule has 2 atom stereocenters. The van der Waals surface area contributed by atoms with E-state index in [9.17, 15) is 4.39 Å². The highest BCUT2D eigenvalue weighted by molar-refractivity contribution is 9.09. The topological polar surface area (TPSA) is 0 Å². The van der Waals surface area contributed by atoms with Crippen molar-refractivity contribution in [2.75, 3.05) is 0 Å². The van der Waals surface area contributed by atoms with Crippen LogP contribution in [-0.2, 0) is 0 Å². The van der Waals surface area contributed by atoms with Gasteiger partial charge in [-0.2, -0.15) is 0 Å². The van der Waals surface area contributed by atoms with Gasteiger partial charge in [0.25, 0.3) is 0 Å². The number of rotatable bonds is 5. The fourth-order valence-corrected chi connectivity index (χ4v) is 3.04. The summed E-state index contributed by atoms with van der Waals surface area (Å²) in [5.41, 5.74) is 0.843. The molecule has 0 spiro atoms. The second-order valence-electron chi connectivity index (χ2n) is 3.84. The van der Waals surface area contributed by atoms with Crippen molar-refractivity contribution in [2.24, 2.45) is 0 Å². The highest BCUT2D eigenvalue weighted by Gasteiger charge is 2.20. The van der Waals surface area contributed by atoms with Gasteiger partial charge >= 0.3 is 0 Å². The van der Waals surface area contributed by atoms with Gasteiger partial charge in [0.2, 0.25) is 0 Å². The average Bonchev–Trinajstić information content (AvgIpc) is 2.22. The molecule has 0 amide bonds. The summed E-state index contributed by atoms with van der Waals surface area (Å²) in [5.74, 6) is 0.205. The molecule has 84 valence electrons. The SMILES string of the molecule is CCCC(Br)C(CC)c1ccccc1F. The van der Waals surface area contributed by atoms with Gasteiger partial charge in [0.1, 0.15) is 5.82 Å². The molecule has 0 heterocycles. The lowest BCUT2D eigenvalue weighted by atomic mass is 9.91. The molecule has 0 aromatic heterocycles. The van der Waals surface area contributed by atoms with Crippen LogP contribution in [0.5, 0.6) is 0 Å². The molecule has 1 aromatic rings. The summed E-state index contributed by atoms with van der Waals surface area (Å²) >= 11 is 3.67. The molecule has 0 aliphatic rings. The van der Waals surface area contributed by atoms with Crippen molar-refractivity contribution in [1.82, 2.24) is 0 Å². The van der Waals surface area contributed by atoms with Gasteiger partial charge in [-0.05, 0) is 30.4 Å². The molecular weight excluding hydrogens is 255 g/mol. The normalized spacial score (nSPS) is 14.9. The summed E-state index contributed by atoms with van der Waals surface area (Å²) < 4.78 is 13.6. The highest BCUT2D eigenvalue weighted by Crippen LogP contribution is 2.32. The third-order valence-corrected chi connectivity index (χ3v) is 3.84. The molecule has 2 heteroatoms. The Morgan fingerprint density at radius 1 is 1.27 bits per heavy atom. The van der Waals surface area contributed by atoms with E-state index >= 15 is 0 Å². The molecule has 1 rings (SSSR count).